The molecule has 0 radical (unpaired) electrons. The molecule has 0 aliphatic rings. The van der Waals surface area contributed by atoms with Crippen molar-refractivity contribution in [1.29, 1.82) is 0 Å². The van der Waals surface area contributed by atoms with Crippen LogP contribution in [0.2, 0.25) is 0 Å². The Bertz CT molecular complexity index is 448. The van der Waals surface area contributed by atoms with Crippen molar-refractivity contribution in [2.75, 3.05) is 21.3 Å². The van der Waals surface area contributed by atoms with Gasteiger partial charge in [0.05, 0.1) is 0 Å². The third-order valence-corrected chi connectivity index (χ3v) is 11.4. The molecular formula is C17H33NO3Zr. The molecule has 5 heteroatoms. The van der Waals surface area contributed by atoms with Crippen molar-refractivity contribution in [1.82, 2.24) is 2.51 Å². The van der Waals surface area contributed by atoms with Gasteiger partial charge in [0.2, 0.25) is 0 Å². The summed E-state index contributed by atoms with van der Waals surface area (Å²) in [6.45, 7) is 13.5. The Labute approximate surface area is 142 Å². The SMILES string of the molecule is CCC(C)(C)c1ccc(C(C)(C)CC)[n]1[Zr]([O]C)([O]C)[O]C. The van der Waals surface area contributed by atoms with E-state index in [9.17, 15) is 0 Å². The molecule has 0 saturated carbocycles. The van der Waals surface area contributed by atoms with Gasteiger partial charge < -0.3 is 0 Å². The van der Waals surface area contributed by atoms with Gasteiger partial charge in [0.1, 0.15) is 0 Å². The van der Waals surface area contributed by atoms with Crippen molar-refractivity contribution in [3.8, 4) is 0 Å². The second-order valence-corrected chi connectivity index (χ2v) is 13.7. The molecular weight excluding hydrogens is 357 g/mol. The van der Waals surface area contributed by atoms with E-state index in [2.05, 4.69) is 56.2 Å². The minimum absolute atomic E-state index is 0.0415. The molecule has 1 rings (SSSR count). The van der Waals surface area contributed by atoms with E-state index in [1.165, 1.54) is 11.4 Å². The van der Waals surface area contributed by atoms with Gasteiger partial charge in [-0.1, -0.05) is 0 Å². The third-order valence-electron chi connectivity index (χ3n) is 5.08. The number of nitrogens with zero attached hydrogens (tertiary/aromatic N) is 1. The second kappa shape index (κ2) is 7.29. The van der Waals surface area contributed by atoms with E-state index in [4.69, 9.17) is 8.44 Å². The quantitative estimate of drug-likeness (QED) is 0.657. The average Bonchev–Trinajstić information content (AvgIpc) is 2.97. The van der Waals surface area contributed by atoms with Crippen LogP contribution in [0.1, 0.15) is 65.8 Å². The second-order valence-electron chi connectivity index (χ2n) is 7.05. The Balaban J connectivity index is 3.72. The number of hydrogen-bond donors (Lipinski definition) is 0. The molecule has 128 valence electrons. The molecule has 0 aliphatic carbocycles. The summed E-state index contributed by atoms with van der Waals surface area (Å²) < 4.78 is 19.9. The normalized spacial score (nSPS) is 13.7. The molecule has 0 bridgehead atoms. The topological polar surface area (TPSA) is 32.6 Å². The maximum atomic E-state index is 5.87. The molecule has 0 unspecified atom stereocenters. The van der Waals surface area contributed by atoms with Crippen molar-refractivity contribution < 1.29 is 30.3 Å². The Morgan fingerprint density at radius 1 is 0.818 bits per heavy atom. The first-order chi connectivity index (χ1) is 10.2. The van der Waals surface area contributed by atoms with Gasteiger partial charge in [-0.3, -0.25) is 0 Å². The zero-order chi connectivity index (χ0) is 17.2. The summed E-state index contributed by atoms with van der Waals surface area (Å²) in [5.74, 6) is 0. The predicted molar refractivity (Wildman–Crippen MR) is 87.5 cm³/mol. The fraction of sp³-hybridized carbons (Fsp3) is 0.765. The van der Waals surface area contributed by atoms with Gasteiger partial charge in [0.25, 0.3) is 0 Å². The van der Waals surface area contributed by atoms with Gasteiger partial charge in [-0.05, 0) is 0 Å². The monoisotopic (exact) mass is 389 g/mol. The van der Waals surface area contributed by atoms with Gasteiger partial charge in [-0.15, -0.1) is 0 Å². The number of hydrogen-bond acceptors (Lipinski definition) is 3. The third kappa shape index (κ3) is 3.43. The molecule has 0 spiro atoms. The molecule has 0 aliphatic heterocycles. The molecule has 1 heterocycles. The molecule has 0 aromatic carbocycles. The molecule has 0 saturated heterocycles. The number of aromatic nitrogens is 1. The van der Waals surface area contributed by atoms with Crippen LogP contribution in [0.25, 0.3) is 0 Å². The van der Waals surface area contributed by atoms with Gasteiger partial charge in [-0.2, -0.15) is 0 Å². The Hall–Kier alpha value is 0.0431. The van der Waals surface area contributed by atoms with E-state index in [0.29, 0.717) is 0 Å². The van der Waals surface area contributed by atoms with Gasteiger partial charge in [0, 0.05) is 0 Å². The molecule has 0 amide bonds. The van der Waals surface area contributed by atoms with E-state index in [1.807, 2.05) is 0 Å². The summed E-state index contributed by atoms with van der Waals surface area (Å²) in [4.78, 5) is 0. The fourth-order valence-corrected chi connectivity index (χ4v) is 8.55. The van der Waals surface area contributed by atoms with Crippen molar-refractivity contribution >= 4 is 0 Å². The maximum absolute atomic E-state index is 5.87. The van der Waals surface area contributed by atoms with Crippen molar-refractivity contribution in [3.05, 3.63) is 23.5 Å². The van der Waals surface area contributed by atoms with Crippen molar-refractivity contribution in [2.24, 2.45) is 0 Å². The first-order valence-electron chi connectivity index (χ1n) is 8.04. The standard InChI is InChI=1S/C14H24N.3CH3O.Zr/c1-7-13(3,4)11-9-10-12(15-11)14(5,6)8-2;3*1-2;/h9-10H,7-8H2,1-6H3;3*1H3;/q4*-1;+4. The van der Waals surface area contributed by atoms with Crippen molar-refractivity contribution in [2.45, 2.75) is 65.2 Å². The van der Waals surface area contributed by atoms with Crippen LogP contribution in [0.15, 0.2) is 12.1 Å². The molecule has 1 aromatic heterocycles. The Kier molecular flexibility index (Phi) is 6.66. The first-order valence-corrected chi connectivity index (χ1v) is 12.1. The number of rotatable bonds is 8. The molecule has 0 fully saturated rings. The summed E-state index contributed by atoms with van der Waals surface area (Å²) in [5, 5.41) is 0. The summed E-state index contributed by atoms with van der Waals surface area (Å²) in [5.41, 5.74) is 2.57. The van der Waals surface area contributed by atoms with Gasteiger partial charge in [-0.25, -0.2) is 0 Å². The minimum atomic E-state index is -3.85. The van der Waals surface area contributed by atoms with Crippen LogP contribution in [0.5, 0.6) is 0 Å². The Morgan fingerprint density at radius 3 is 1.36 bits per heavy atom. The van der Waals surface area contributed by atoms with E-state index in [1.54, 1.807) is 21.3 Å². The summed E-state index contributed by atoms with van der Waals surface area (Å²) >= 11 is -3.85. The van der Waals surface area contributed by atoms with E-state index in [-0.39, 0.29) is 10.8 Å². The van der Waals surface area contributed by atoms with Gasteiger partial charge in [0.15, 0.2) is 0 Å². The summed E-state index contributed by atoms with van der Waals surface area (Å²) in [6, 6.07) is 4.44. The fourth-order valence-electron chi connectivity index (χ4n) is 2.67. The Morgan fingerprint density at radius 2 is 1.14 bits per heavy atom. The molecule has 1 aromatic rings. The van der Waals surface area contributed by atoms with Crippen LogP contribution in [0, 0.1) is 0 Å². The zero-order valence-electron chi connectivity index (χ0n) is 15.7. The van der Waals surface area contributed by atoms with Crippen LogP contribution >= 0.6 is 0 Å². The molecule has 0 atom stereocenters. The van der Waals surface area contributed by atoms with E-state index < -0.39 is 21.9 Å². The first kappa shape index (κ1) is 20.1. The van der Waals surface area contributed by atoms with Gasteiger partial charge >= 0.3 is 143 Å². The predicted octanol–water partition coefficient (Wildman–Crippen LogP) is 4.46. The molecule has 0 N–H and O–H groups in total. The average molecular weight is 391 g/mol. The zero-order valence-corrected chi connectivity index (χ0v) is 18.2. The van der Waals surface area contributed by atoms with Crippen LogP contribution < -0.4 is 0 Å². The van der Waals surface area contributed by atoms with Crippen LogP contribution in [0.3, 0.4) is 0 Å². The molecule has 4 nitrogen and oxygen atoms in total. The van der Waals surface area contributed by atoms with E-state index >= 15 is 0 Å². The van der Waals surface area contributed by atoms with E-state index in [0.717, 1.165) is 12.8 Å². The van der Waals surface area contributed by atoms with Crippen LogP contribution in [-0.2, 0) is 41.1 Å². The summed E-state index contributed by atoms with van der Waals surface area (Å²) in [6.07, 6.45) is 2.09. The van der Waals surface area contributed by atoms with Crippen LogP contribution in [0.4, 0.5) is 0 Å². The molecule has 22 heavy (non-hydrogen) atoms. The van der Waals surface area contributed by atoms with Crippen LogP contribution in [-0.4, -0.2) is 23.8 Å². The summed E-state index contributed by atoms with van der Waals surface area (Å²) in [7, 11) is 5.11. The van der Waals surface area contributed by atoms with Crippen molar-refractivity contribution in [3.63, 3.8) is 0 Å².